The van der Waals surface area contributed by atoms with Crippen molar-refractivity contribution >= 4 is 27.9 Å². The Morgan fingerprint density at radius 1 is 0.881 bits per heavy atom. The van der Waals surface area contributed by atoms with Gasteiger partial charge in [0.1, 0.15) is 12.7 Å². The molecule has 0 fully saturated rings. The Bertz CT molecular complexity index is 1660. The number of rotatable bonds is 12. The Morgan fingerprint density at radius 2 is 1.64 bits per heavy atom. The van der Waals surface area contributed by atoms with E-state index < -0.39 is 11.5 Å². The third kappa shape index (κ3) is 6.15. The van der Waals surface area contributed by atoms with Crippen molar-refractivity contribution in [2.45, 2.75) is 30.8 Å². The zero-order valence-electron chi connectivity index (χ0n) is 24.8. The number of aromatic nitrogens is 1. The Hall–Kier alpha value is -4.26. The highest BCUT2D eigenvalue weighted by molar-refractivity contribution is 5.90. The molecule has 6 heteroatoms. The van der Waals surface area contributed by atoms with Gasteiger partial charge in [0.25, 0.3) is 0 Å². The van der Waals surface area contributed by atoms with Gasteiger partial charge in [0.15, 0.2) is 0 Å². The molecule has 5 aromatic rings. The first-order valence-corrected chi connectivity index (χ1v) is 14.4. The summed E-state index contributed by atoms with van der Waals surface area (Å²) in [5, 5.41) is 20.2. The van der Waals surface area contributed by atoms with E-state index in [1.54, 1.807) is 13.3 Å². The fourth-order valence-electron chi connectivity index (χ4n) is 5.98. The van der Waals surface area contributed by atoms with Crippen LogP contribution in [0.1, 0.15) is 47.4 Å². The van der Waals surface area contributed by atoms with Gasteiger partial charge in [0, 0.05) is 16.9 Å². The third-order valence-electron chi connectivity index (χ3n) is 7.92. The summed E-state index contributed by atoms with van der Waals surface area (Å²) in [6.07, 6.45) is 4.06. The predicted octanol–water partition coefficient (Wildman–Crippen LogP) is 7.13. The van der Waals surface area contributed by atoms with Crippen molar-refractivity contribution in [3.05, 3.63) is 119 Å². The number of hydrogen-bond acceptors (Lipinski definition) is 6. The average molecular weight is 562 g/mol. The molecule has 0 aliphatic carbocycles. The molecule has 42 heavy (non-hydrogen) atoms. The minimum atomic E-state index is -1.26. The van der Waals surface area contributed by atoms with Gasteiger partial charge in [0.05, 0.1) is 18.8 Å². The first-order valence-electron chi connectivity index (χ1n) is 14.4. The predicted molar refractivity (Wildman–Crippen MR) is 171 cm³/mol. The average Bonchev–Trinajstić information content (AvgIpc) is 3.02. The Balaban J connectivity index is 1.77. The van der Waals surface area contributed by atoms with E-state index in [1.165, 1.54) is 7.11 Å². The molecule has 5 rings (SSSR count). The highest BCUT2D eigenvalue weighted by Crippen LogP contribution is 2.49. The molecule has 1 heterocycles. The van der Waals surface area contributed by atoms with Crippen molar-refractivity contribution in [3.8, 4) is 5.88 Å². The third-order valence-corrected chi connectivity index (χ3v) is 7.92. The molecular weight excluding hydrogens is 522 g/mol. The normalized spacial score (nSPS) is 14.0. The topological polar surface area (TPSA) is 67.2 Å². The number of unbranched alkanes of at least 4 members (excludes halogenated alkanes) is 1. The summed E-state index contributed by atoms with van der Waals surface area (Å²) in [5.41, 5.74) is 3.18. The molecule has 6 nitrogen and oxygen atoms in total. The lowest BCUT2D eigenvalue weighted by molar-refractivity contribution is 0.00821. The minimum Gasteiger partial charge on any atom is -0.481 e. The molecular formula is C36H39N3O3. The molecule has 0 bridgehead atoms. The number of methoxy groups -OCH3 is 1. The van der Waals surface area contributed by atoms with Crippen LogP contribution in [0, 0.1) is 0 Å². The molecule has 1 N–H and O–H groups in total. The van der Waals surface area contributed by atoms with E-state index >= 15 is 0 Å². The quantitative estimate of drug-likeness (QED) is 0.0997. The summed E-state index contributed by atoms with van der Waals surface area (Å²) in [7, 11) is 7.34. The van der Waals surface area contributed by atoms with Crippen LogP contribution >= 0.6 is 0 Å². The van der Waals surface area contributed by atoms with Crippen LogP contribution in [0.4, 0.5) is 0 Å². The van der Waals surface area contributed by atoms with Crippen LogP contribution in [0.25, 0.3) is 21.7 Å². The highest BCUT2D eigenvalue weighted by atomic mass is 16.6. The number of ether oxygens (including phenoxy) is 1. The van der Waals surface area contributed by atoms with E-state index in [-0.39, 0.29) is 0 Å². The van der Waals surface area contributed by atoms with E-state index in [9.17, 15) is 5.11 Å². The summed E-state index contributed by atoms with van der Waals surface area (Å²) in [6.45, 7) is 0.953. The second kappa shape index (κ2) is 13.1. The number of pyridine rings is 1. The van der Waals surface area contributed by atoms with E-state index in [1.807, 2.05) is 54.6 Å². The van der Waals surface area contributed by atoms with E-state index in [2.05, 4.69) is 66.6 Å². The van der Waals surface area contributed by atoms with Crippen LogP contribution in [-0.2, 0) is 10.4 Å². The molecule has 2 atom stereocenters. The molecule has 216 valence electrons. The second-order valence-electron chi connectivity index (χ2n) is 11.0. The summed E-state index contributed by atoms with van der Waals surface area (Å²) in [6, 6.07) is 32.8. The number of aliphatic hydroxyl groups is 1. The largest absolute Gasteiger partial charge is 0.481 e. The molecule has 2 unspecified atom stereocenters. The van der Waals surface area contributed by atoms with Gasteiger partial charge < -0.3 is 19.6 Å². The first-order chi connectivity index (χ1) is 20.4. The zero-order valence-corrected chi connectivity index (χ0v) is 24.8. The van der Waals surface area contributed by atoms with Gasteiger partial charge in [-0.15, -0.1) is 0 Å². The van der Waals surface area contributed by atoms with Crippen molar-refractivity contribution in [1.29, 1.82) is 0 Å². The van der Waals surface area contributed by atoms with E-state index in [0.29, 0.717) is 12.3 Å². The van der Waals surface area contributed by atoms with E-state index in [4.69, 9.17) is 14.6 Å². The van der Waals surface area contributed by atoms with Crippen molar-refractivity contribution in [3.63, 3.8) is 0 Å². The van der Waals surface area contributed by atoms with Crippen molar-refractivity contribution in [2.24, 2.45) is 5.16 Å². The van der Waals surface area contributed by atoms with Crippen LogP contribution in [0.3, 0.4) is 0 Å². The molecule has 0 spiro atoms. The number of nitrogens with zero attached hydrogens (tertiary/aromatic N) is 3. The fourth-order valence-corrected chi connectivity index (χ4v) is 5.98. The van der Waals surface area contributed by atoms with Crippen LogP contribution in [0.15, 0.2) is 102 Å². The lowest BCUT2D eigenvalue weighted by Gasteiger charge is -2.39. The van der Waals surface area contributed by atoms with Gasteiger partial charge in [-0.25, -0.2) is 4.98 Å². The van der Waals surface area contributed by atoms with Gasteiger partial charge >= 0.3 is 0 Å². The number of fused-ring (bicyclic) bond motifs is 2. The summed E-state index contributed by atoms with van der Waals surface area (Å²) >= 11 is 0. The maximum atomic E-state index is 13.2. The zero-order chi connectivity index (χ0) is 29.5. The van der Waals surface area contributed by atoms with Crippen LogP contribution in [-0.4, -0.2) is 56.1 Å². The van der Waals surface area contributed by atoms with Crippen molar-refractivity contribution < 1.29 is 14.7 Å². The Morgan fingerprint density at radius 3 is 2.40 bits per heavy atom. The SMILES string of the molecule is CO/N=C/c1ccc2nc(OC)c(C(c3ccccc3)C(O)(CCCCN(C)C)c3cccc4ccccc34)cc2c1. The molecule has 0 saturated heterocycles. The summed E-state index contributed by atoms with van der Waals surface area (Å²) < 4.78 is 5.95. The van der Waals surface area contributed by atoms with Crippen LogP contribution in [0.5, 0.6) is 5.88 Å². The van der Waals surface area contributed by atoms with Crippen LogP contribution in [0.2, 0.25) is 0 Å². The number of hydrogen-bond donors (Lipinski definition) is 1. The van der Waals surface area contributed by atoms with Gasteiger partial charge in [-0.05, 0) is 85.6 Å². The van der Waals surface area contributed by atoms with E-state index in [0.717, 1.165) is 63.3 Å². The van der Waals surface area contributed by atoms with Crippen molar-refractivity contribution in [1.82, 2.24) is 9.88 Å². The highest BCUT2D eigenvalue weighted by Gasteiger charge is 2.43. The smallest absolute Gasteiger partial charge is 0.217 e. The lowest BCUT2D eigenvalue weighted by atomic mass is 9.70. The lowest BCUT2D eigenvalue weighted by Crippen LogP contribution is -2.35. The number of benzene rings is 4. The summed E-state index contributed by atoms with van der Waals surface area (Å²) in [5.74, 6) is 0.0497. The second-order valence-corrected chi connectivity index (χ2v) is 11.0. The molecule has 1 aromatic heterocycles. The molecule has 4 aromatic carbocycles. The van der Waals surface area contributed by atoms with Crippen molar-refractivity contribution in [2.75, 3.05) is 34.9 Å². The first kappa shape index (κ1) is 29.2. The Labute approximate surface area is 248 Å². The number of oxime groups is 1. The molecule has 0 radical (unpaired) electrons. The minimum absolute atomic E-state index is 0.452. The van der Waals surface area contributed by atoms with Gasteiger partial charge in [-0.3, -0.25) is 0 Å². The van der Waals surface area contributed by atoms with Gasteiger partial charge in [-0.1, -0.05) is 84.0 Å². The maximum Gasteiger partial charge on any atom is 0.217 e. The molecule has 0 aliphatic rings. The monoisotopic (exact) mass is 561 g/mol. The standard InChI is InChI=1S/C36H39N3O3/c1-39(2)22-11-10-21-36(40,32-18-12-16-27-13-8-9-17-30(27)32)34(28-14-6-5-7-15-28)31-24-29-23-26(25-37-42-4)19-20-33(29)38-35(31)41-3/h5-9,12-20,23-25,34,40H,10-11,21-22H2,1-4H3/b37-25+. The maximum absolute atomic E-state index is 13.2. The molecule has 0 saturated carbocycles. The van der Waals surface area contributed by atoms with Crippen LogP contribution < -0.4 is 4.74 Å². The fraction of sp³-hybridized carbons (Fsp3) is 0.278. The van der Waals surface area contributed by atoms with Gasteiger partial charge in [0.2, 0.25) is 5.88 Å². The molecule has 0 amide bonds. The van der Waals surface area contributed by atoms with Gasteiger partial charge in [-0.2, -0.15) is 0 Å². The molecule has 0 aliphatic heterocycles. The summed E-state index contributed by atoms with van der Waals surface area (Å²) in [4.78, 5) is 12.0. The Kier molecular flexibility index (Phi) is 9.15.